The van der Waals surface area contributed by atoms with Gasteiger partial charge in [0.1, 0.15) is 5.70 Å². The molecular formula is C16H14N2O4. The minimum absolute atomic E-state index is 0.0681. The quantitative estimate of drug-likeness (QED) is 0.794. The average molecular weight is 298 g/mol. The maximum absolute atomic E-state index is 12.4. The number of benzene rings is 1. The number of hydrogen-bond donors (Lipinski definition) is 1. The molecule has 1 aromatic carbocycles. The standard InChI is InChI=1S/C16H14N2O4/c19-13-9-3-1-2-8-12(14(20)17-13)18-15(21)10-6-4-5-7-11(10)16(18)22/h4-8H,1-3,9H2,(H,17,19,20)/b12-8+. The van der Waals surface area contributed by atoms with E-state index in [1.165, 1.54) is 0 Å². The summed E-state index contributed by atoms with van der Waals surface area (Å²) in [7, 11) is 0. The van der Waals surface area contributed by atoms with Crippen LogP contribution in [-0.2, 0) is 9.59 Å². The average Bonchev–Trinajstić information content (AvgIpc) is 2.79. The van der Waals surface area contributed by atoms with Gasteiger partial charge in [0, 0.05) is 6.42 Å². The Morgan fingerprint density at radius 1 is 0.909 bits per heavy atom. The van der Waals surface area contributed by atoms with Crippen LogP contribution in [0.25, 0.3) is 0 Å². The van der Waals surface area contributed by atoms with Crippen molar-refractivity contribution in [1.82, 2.24) is 10.2 Å². The zero-order valence-electron chi connectivity index (χ0n) is 11.8. The van der Waals surface area contributed by atoms with E-state index in [2.05, 4.69) is 5.32 Å². The van der Waals surface area contributed by atoms with Crippen LogP contribution < -0.4 is 5.32 Å². The van der Waals surface area contributed by atoms with Gasteiger partial charge in [0.25, 0.3) is 17.7 Å². The van der Waals surface area contributed by atoms with Gasteiger partial charge in [0.05, 0.1) is 11.1 Å². The Hall–Kier alpha value is -2.76. The number of amides is 4. The molecule has 2 aliphatic heterocycles. The van der Waals surface area contributed by atoms with Gasteiger partial charge in [-0.1, -0.05) is 18.2 Å². The van der Waals surface area contributed by atoms with E-state index >= 15 is 0 Å². The Kier molecular flexibility index (Phi) is 3.58. The Morgan fingerprint density at radius 3 is 2.18 bits per heavy atom. The maximum Gasteiger partial charge on any atom is 0.274 e. The molecule has 0 bridgehead atoms. The van der Waals surface area contributed by atoms with Crippen LogP contribution in [0, 0.1) is 0 Å². The molecule has 2 aliphatic rings. The molecule has 22 heavy (non-hydrogen) atoms. The van der Waals surface area contributed by atoms with Crippen molar-refractivity contribution in [2.24, 2.45) is 0 Å². The number of nitrogens with zero attached hydrogens (tertiary/aromatic N) is 1. The van der Waals surface area contributed by atoms with Crippen LogP contribution in [0.3, 0.4) is 0 Å². The first-order valence-corrected chi connectivity index (χ1v) is 7.12. The molecule has 0 saturated heterocycles. The summed E-state index contributed by atoms with van der Waals surface area (Å²) in [6, 6.07) is 6.42. The lowest BCUT2D eigenvalue weighted by Crippen LogP contribution is -2.40. The molecule has 0 saturated carbocycles. The molecule has 0 spiro atoms. The predicted octanol–water partition coefficient (Wildman–Crippen LogP) is 1.38. The summed E-state index contributed by atoms with van der Waals surface area (Å²) in [5.74, 6) is -2.17. The van der Waals surface area contributed by atoms with Gasteiger partial charge in [0.15, 0.2) is 0 Å². The van der Waals surface area contributed by atoms with Gasteiger partial charge in [-0.3, -0.25) is 24.5 Å². The molecule has 0 radical (unpaired) electrons. The SMILES string of the molecule is O=C1CCCC/C=C(/N2C(=O)c3ccccc3C2=O)C(=O)N1. The lowest BCUT2D eigenvalue weighted by Gasteiger charge is -2.16. The Labute approximate surface area is 126 Å². The molecule has 2 heterocycles. The number of hydrogen-bond acceptors (Lipinski definition) is 4. The first-order chi connectivity index (χ1) is 10.6. The lowest BCUT2D eigenvalue weighted by atomic mass is 10.1. The summed E-state index contributed by atoms with van der Waals surface area (Å²) in [6.45, 7) is 0. The molecule has 0 atom stereocenters. The monoisotopic (exact) mass is 298 g/mol. The van der Waals surface area contributed by atoms with Gasteiger partial charge in [-0.2, -0.15) is 0 Å². The third kappa shape index (κ3) is 2.32. The highest BCUT2D eigenvalue weighted by molar-refractivity contribution is 6.25. The van der Waals surface area contributed by atoms with Crippen LogP contribution in [0.5, 0.6) is 0 Å². The van der Waals surface area contributed by atoms with E-state index in [4.69, 9.17) is 0 Å². The summed E-state index contributed by atoms with van der Waals surface area (Å²) >= 11 is 0. The number of fused-ring (bicyclic) bond motifs is 1. The van der Waals surface area contributed by atoms with Crippen LogP contribution >= 0.6 is 0 Å². The Balaban J connectivity index is 1.99. The van der Waals surface area contributed by atoms with Gasteiger partial charge < -0.3 is 0 Å². The molecule has 4 amide bonds. The zero-order valence-corrected chi connectivity index (χ0v) is 11.8. The summed E-state index contributed by atoms with van der Waals surface area (Å²) in [4.78, 5) is 49.5. The van der Waals surface area contributed by atoms with Crippen molar-refractivity contribution in [2.75, 3.05) is 0 Å². The first-order valence-electron chi connectivity index (χ1n) is 7.12. The molecule has 112 valence electrons. The van der Waals surface area contributed by atoms with Crippen molar-refractivity contribution in [3.63, 3.8) is 0 Å². The van der Waals surface area contributed by atoms with Crippen molar-refractivity contribution in [3.8, 4) is 0 Å². The van der Waals surface area contributed by atoms with Gasteiger partial charge in [0.2, 0.25) is 5.91 Å². The Morgan fingerprint density at radius 2 is 1.55 bits per heavy atom. The highest BCUT2D eigenvalue weighted by atomic mass is 16.2. The van der Waals surface area contributed by atoms with E-state index in [0.29, 0.717) is 19.3 Å². The highest BCUT2D eigenvalue weighted by Crippen LogP contribution is 2.26. The fourth-order valence-corrected chi connectivity index (χ4v) is 2.62. The number of allylic oxidation sites excluding steroid dienone is 1. The molecule has 1 aromatic rings. The molecule has 6 heteroatoms. The topological polar surface area (TPSA) is 83.6 Å². The second-order valence-electron chi connectivity index (χ2n) is 5.20. The van der Waals surface area contributed by atoms with E-state index in [-0.39, 0.29) is 23.2 Å². The zero-order chi connectivity index (χ0) is 15.7. The van der Waals surface area contributed by atoms with E-state index < -0.39 is 23.6 Å². The molecular weight excluding hydrogens is 284 g/mol. The normalized spacial score (nSPS) is 21.5. The second-order valence-corrected chi connectivity index (χ2v) is 5.20. The molecule has 0 fully saturated rings. The lowest BCUT2D eigenvalue weighted by molar-refractivity contribution is -0.129. The van der Waals surface area contributed by atoms with Crippen molar-refractivity contribution < 1.29 is 19.2 Å². The summed E-state index contributed by atoms with van der Waals surface area (Å²) in [6.07, 6.45) is 3.71. The van der Waals surface area contributed by atoms with Crippen molar-refractivity contribution in [3.05, 3.63) is 47.2 Å². The van der Waals surface area contributed by atoms with Crippen molar-refractivity contribution in [2.45, 2.75) is 25.7 Å². The minimum Gasteiger partial charge on any atom is -0.291 e. The summed E-state index contributed by atoms with van der Waals surface area (Å²) < 4.78 is 0. The Bertz CT molecular complexity index is 686. The largest absolute Gasteiger partial charge is 0.291 e. The highest BCUT2D eigenvalue weighted by Gasteiger charge is 2.39. The summed E-state index contributed by atoms with van der Waals surface area (Å²) in [5.41, 5.74) is 0.473. The molecule has 0 aromatic heterocycles. The number of rotatable bonds is 1. The van der Waals surface area contributed by atoms with E-state index in [1.54, 1.807) is 30.3 Å². The van der Waals surface area contributed by atoms with E-state index in [1.807, 2.05) is 0 Å². The fraction of sp³-hybridized carbons (Fsp3) is 0.250. The molecule has 1 N–H and O–H groups in total. The molecule has 6 nitrogen and oxygen atoms in total. The minimum atomic E-state index is -0.707. The molecule has 0 aliphatic carbocycles. The van der Waals surface area contributed by atoms with Crippen LogP contribution in [-0.4, -0.2) is 28.5 Å². The third-order valence-corrected chi connectivity index (χ3v) is 3.72. The number of nitrogens with one attached hydrogen (secondary N) is 1. The fourth-order valence-electron chi connectivity index (χ4n) is 2.62. The smallest absolute Gasteiger partial charge is 0.274 e. The van der Waals surface area contributed by atoms with E-state index in [9.17, 15) is 19.2 Å². The van der Waals surface area contributed by atoms with Crippen LogP contribution in [0.1, 0.15) is 46.4 Å². The van der Waals surface area contributed by atoms with Crippen LogP contribution in [0.2, 0.25) is 0 Å². The van der Waals surface area contributed by atoms with Crippen molar-refractivity contribution in [1.29, 1.82) is 0 Å². The van der Waals surface area contributed by atoms with Gasteiger partial charge in [-0.15, -0.1) is 0 Å². The van der Waals surface area contributed by atoms with Crippen molar-refractivity contribution >= 4 is 23.6 Å². The van der Waals surface area contributed by atoms with Gasteiger partial charge in [-0.25, -0.2) is 4.90 Å². The first kappa shape index (κ1) is 14.2. The second kappa shape index (κ2) is 5.55. The maximum atomic E-state index is 12.4. The number of carbonyl (C=O) groups is 4. The van der Waals surface area contributed by atoms with Gasteiger partial charge >= 0.3 is 0 Å². The number of carbonyl (C=O) groups excluding carboxylic acids is 4. The van der Waals surface area contributed by atoms with Crippen LogP contribution in [0.4, 0.5) is 0 Å². The van der Waals surface area contributed by atoms with Crippen LogP contribution in [0.15, 0.2) is 36.0 Å². The third-order valence-electron chi connectivity index (χ3n) is 3.72. The summed E-state index contributed by atoms with van der Waals surface area (Å²) in [5, 5.41) is 2.22. The predicted molar refractivity (Wildman–Crippen MR) is 76.6 cm³/mol. The molecule has 0 unspecified atom stereocenters. The van der Waals surface area contributed by atoms with Gasteiger partial charge in [-0.05, 0) is 31.4 Å². The number of imide groups is 2. The molecule has 3 rings (SSSR count). The van der Waals surface area contributed by atoms with E-state index in [0.717, 1.165) is 4.90 Å².